The zero-order valence-electron chi connectivity index (χ0n) is 14.4. The van der Waals surface area contributed by atoms with Crippen LogP contribution < -0.4 is 5.32 Å². The third kappa shape index (κ3) is 4.43. The van der Waals surface area contributed by atoms with Gasteiger partial charge in [0.25, 0.3) is 0 Å². The third-order valence-corrected chi connectivity index (χ3v) is 4.32. The topological polar surface area (TPSA) is 91.0 Å². The van der Waals surface area contributed by atoms with Gasteiger partial charge in [0, 0.05) is 13.0 Å². The molecule has 7 nitrogen and oxygen atoms in total. The highest BCUT2D eigenvalue weighted by atomic mass is 16.2. The molecule has 2 N–H and O–H groups in total. The molecule has 1 fully saturated rings. The first-order valence-electron chi connectivity index (χ1n) is 8.64. The fourth-order valence-corrected chi connectivity index (χ4v) is 3.02. The van der Waals surface area contributed by atoms with Gasteiger partial charge in [-0.15, -0.1) is 0 Å². The fourth-order valence-electron chi connectivity index (χ4n) is 3.02. The van der Waals surface area contributed by atoms with Gasteiger partial charge in [0.15, 0.2) is 5.82 Å². The summed E-state index contributed by atoms with van der Waals surface area (Å²) in [6.45, 7) is 2.53. The number of benzene rings is 1. The second kappa shape index (κ2) is 7.92. The van der Waals surface area contributed by atoms with E-state index in [1.165, 1.54) is 0 Å². The zero-order chi connectivity index (χ0) is 17.6. The number of aromatic amines is 1. The van der Waals surface area contributed by atoms with Gasteiger partial charge in [-0.1, -0.05) is 36.8 Å². The van der Waals surface area contributed by atoms with Crippen molar-refractivity contribution in [3.8, 4) is 0 Å². The van der Waals surface area contributed by atoms with Crippen LogP contribution in [-0.4, -0.2) is 45.0 Å². The molecular weight excluding hydrogens is 318 g/mol. The van der Waals surface area contributed by atoms with Crippen LogP contribution in [0.25, 0.3) is 0 Å². The molecule has 1 saturated heterocycles. The summed E-state index contributed by atoms with van der Waals surface area (Å²) in [5, 5.41) is 9.98. The Morgan fingerprint density at radius 2 is 2.08 bits per heavy atom. The molecule has 2 aromatic rings. The van der Waals surface area contributed by atoms with E-state index in [2.05, 4.69) is 20.5 Å². The largest absolute Gasteiger partial charge is 0.340 e. The smallest absolute Gasteiger partial charge is 0.240 e. The van der Waals surface area contributed by atoms with E-state index in [1.807, 2.05) is 37.3 Å². The first kappa shape index (κ1) is 17.1. The molecule has 0 spiro atoms. The molecule has 1 unspecified atom stereocenters. The molecule has 7 heteroatoms. The number of rotatable bonds is 5. The molecule has 0 radical (unpaired) electrons. The minimum Gasteiger partial charge on any atom is -0.340 e. The molecule has 0 aliphatic carbocycles. The van der Waals surface area contributed by atoms with Crippen molar-refractivity contribution in [2.24, 2.45) is 0 Å². The van der Waals surface area contributed by atoms with Crippen molar-refractivity contribution in [3.63, 3.8) is 0 Å². The van der Waals surface area contributed by atoms with Crippen LogP contribution in [0.5, 0.6) is 0 Å². The van der Waals surface area contributed by atoms with E-state index >= 15 is 0 Å². The van der Waals surface area contributed by atoms with E-state index in [-0.39, 0.29) is 18.4 Å². The second-order valence-electron chi connectivity index (χ2n) is 6.32. The van der Waals surface area contributed by atoms with Gasteiger partial charge in [-0.2, -0.15) is 5.10 Å². The van der Waals surface area contributed by atoms with Crippen LogP contribution >= 0.6 is 0 Å². The lowest BCUT2D eigenvalue weighted by atomic mass is 10.1. The Bertz CT molecular complexity index is 728. The SMILES string of the molecule is Cc1nc(C(NC(=O)CN2CCCCCC2=O)c2ccccc2)n[nH]1. The summed E-state index contributed by atoms with van der Waals surface area (Å²) in [6, 6.07) is 9.14. The monoisotopic (exact) mass is 341 g/mol. The number of likely N-dealkylation sites (tertiary alicyclic amines) is 1. The standard InChI is InChI=1S/C18H23N5O2/c1-13-19-18(22-21-13)17(14-8-4-2-5-9-14)20-15(24)12-23-11-7-3-6-10-16(23)25/h2,4-5,8-9,17H,3,6-7,10-12H2,1H3,(H,20,24)(H,19,21,22). The van der Waals surface area contributed by atoms with E-state index in [4.69, 9.17) is 0 Å². The highest BCUT2D eigenvalue weighted by molar-refractivity contribution is 5.85. The molecule has 1 aliphatic rings. The van der Waals surface area contributed by atoms with E-state index in [0.29, 0.717) is 24.6 Å². The van der Waals surface area contributed by atoms with Crippen molar-refractivity contribution < 1.29 is 9.59 Å². The van der Waals surface area contributed by atoms with Crippen molar-refractivity contribution in [2.45, 2.75) is 38.6 Å². The molecule has 1 atom stereocenters. The Hall–Kier alpha value is -2.70. The summed E-state index contributed by atoms with van der Waals surface area (Å²) in [6.07, 6.45) is 3.41. The summed E-state index contributed by atoms with van der Waals surface area (Å²) in [7, 11) is 0. The minimum absolute atomic E-state index is 0.0534. The third-order valence-electron chi connectivity index (χ3n) is 4.32. The van der Waals surface area contributed by atoms with E-state index in [1.54, 1.807) is 4.90 Å². The van der Waals surface area contributed by atoms with Crippen molar-refractivity contribution in [1.29, 1.82) is 0 Å². The number of H-pyrrole nitrogens is 1. The molecule has 1 aromatic heterocycles. The average molecular weight is 341 g/mol. The number of carbonyl (C=O) groups excluding carboxylic acids is 2. The Balaban J connectivity index is 1.73. The second-order valence-corrected chi connectivity index (χ2v) is 6.32. The maximum Gasteiger partial charge on any atom is 0.240 e. The number of nitrogens with one attached hydrogen (secondary N) is 2. The summed E-state index contributed by atoms with van der Waals surface area (Å²) < 4.78 is 0. The lowest BCUT2D eigenvalue weighted by Crippen LogP contribution is -2.42. The molecule has 1 aromatic carbocycles. The lowest BCUT2D eigenvalue weighted by Gasteiger charge is -2.22. The zero-order valence-corrected chi connectivity index (χ0v) is 14.4. The van der Waals surface area contributed by atoms with Crippen LogP contribution in [0.4, 0.5) is 0 Å². The van der Waals surface area contributed by atoms with Gasteiger partial charge >= 0.3 is 0 Å². The van der Waals surface area contributed by atoms with Crippen molar-refractivity contribution in [1.82, 2.24) is 25.4 Å². The van der Waals surface area contributed by atoms with Gasteiger partial charge in [-0.25, -0.2) is 4.98 Å². The number of hydrogen-bond acceptors (Lipinski definition) is 4. The first-order valence-corrected chi connectivity index (χ1v) is 8.64. The summed E-state index contributed by atoms with van der Waals surface area (Å²) in [5.41, 5.74) is 0.900. The van der Waals surface area contributed by atoms with Gasteiger partial charge in [-0.3, -0.25) is 14.7 Å². The van der Waals surface area contributed by atoms with Crippen molar-refractivity contribution in [3.05, 3.63) is 47.5 Å². The number of aromatic nitrogens is 3. The van der Waals surface area contributed by atoms with Crippen molar-refractivity contribution >= 4 is 11.8 Å². The summed E-state index contributed by atoms with van der Waals surface area (Å²) >= 11 is 0. The number of carbonyl (C=O) groups is 2. The molecule has 132 valence electrons. The van der Waals surface area contributed by atoms with Crippen LogP contribution in [0.2, 0.25) is 0 Å². The normalized spacial score (nSPS) is 16.4. The van der Waals surface area contributed by atoms with Crippen LogP contribution in [0.3, 0.4) is 0 Å². The molecule has 1 aliphatic heterocycles. The quantitative estimate of drug-likeness (QED) is 0.866. The van der Waals surface area contributed by atoms with E-state index in [0.717, 1.165) is 24.8 Å². The average Bonchev–Trinajstić information content (AvgIpc) is 2.94. The molecule has 0 saturated carbocycles. The van der Waals surface area contributed by atoms with Gasteiger partial charge in [-0.05, 0) is 25.3 Å². The highest BCUT2D eigenvalue weighted by Gasteiger charge is 2.24. The maximum atomic E-state index is 12.6. The molecule has 25 heavy (non-hydrogen) atoms. The predicted octanol–water partition coefficient (Wildman–Crippen LogP) is 1.72. The Kier molecular flexibility index (Phi) is 5.42. The lowest BCUT2D eigenvalue weighted by molar-refractivity contribution is -0.135. The molecule has 3 rings (SSSR count). The summed E-state index contributed by atoms with van der Waals surface area (Å²) in [5.74, 6) is 1.05. The summed E-state index contributed by atoms with van der Waals surface area (Å²) in [4.78, 5) is 30.7. The maximum absolute atomic E-state index is 12.6. The Labute approximate surface area is 146 Å². The van der Waals surface area contributed by atoms with Crippen LogP contribution in [0.15, 0.2) is 30.3 Å². The Morgan fingerprint density at radius 3 is 2.80 bits per heavy atom. The number of nitrogens with zero attached hydrogens (tertiary/aromatic N) is 3. The van der Waals surface area contributed by atoms with Gasteiger partial charge in [0.1, 0.15) is 11.9 Å². The molecule has 2 heterocycles. The molecule has 0 bridgehead atoms. The van der Waals surface area contributed by atoms with Crippen LogP contribution in [0, 0.1) is 6.92 Å². The van der Waals surface area contributed by atoms with Crippen molar-refractivity contribution in [2.75, 3.05) is 13.1 Å². The number of amides is 2. The Morgan fingerprint density at radius 1 is 1.28 bits per heavy atom. The van der Waals surface area contributed by atoms with Crippen LogP contribution in [0.1, 0.15) is 48.9 Å². The van der Waals surface area contributed by atoms with Gasteiger partial charge in [0.2, 0.25) is 11.8 Å². The van der Waals surface area contributed by atoms with Gasteiger partial charge < -0.3 is 10.2 Å². The van der Waals surface area contributed by atoms with Crippen LogP contribution in [-0.2, 0) is 9.59 Å². The first-order chi connectivity index (χ1) is 12.1. The van der Waals surface area contributed by atoms with Gasteiger partial charge in [0.05, 0.1) is 6.54 Å². The van der Waals surface area contributed by atoms with E-state index < -0.39 is 6.04 Å². The molecular formula is C18H23N5O2. The minimum atomic E-state index is -0.444. The highest BCUT2D eigenvalue weighted by Crippen LogP contribution is 2.19. The predicted molar refractivity (Wildman–Crippen MR) is 92.6 cm³/mol. The number of aryl methyl sites for hydroxylation is 1. The molecule has 2 amide bonds. The van der Waals surface area contributed by atoms with E-state index in [9.17, 15) is 9.59 Å². The fraction of sp³-hybridized carbons (Fsp3) is 0.444. The number of hydrogen-bond donors (Lipinski definition) is 2.